The summed E-state index contributed by atoms with van der Waals surface area (Å²) >= 11 is 5.93. The minimum Gasteiger partial charge on any atom is -0.495 e. The summed E-state index contributed by atoms with van der Waals surface area (Å²) in [7, 11) is -2.24. The second kappa shape index (κ2) is 7.69. The molecule has 0 bridgehead atoms. The second-order valence-corrected chi connectivity index (χ2v) is 7.63. The quantitative estimate of drug-likeness (QED) is 0.816. The van der Waals surface area contributed by atoms with Crippen molar-refractivity contribution in [2.24, 2.45) is 5.92 Å². The van der Waals surface area contributed by atoms with E-state index in [0.29, 0.717) is 17.3 Å². The van der Waals surface area contributed by atoms with Crippen LogP contribution < -0.4 is 14.4 Å². The first-order valence-corrected chi connectivity index (χ1v) is 8.95. The number of sulfonamides is 1. The van der Waals surface area contributed by atoms with E-state index in [1.165, 1.54) is 13.2 Å². The molecule has 124 valence electrons. The Labute approximate surface area is 136 Å². The molecule has 0 aliphatic carbocycles. The van der Waals surface area contributed by atoms with Gasteiger partial charge in [-0.2, -0.15) is 0 Å². The van der Waals surface area contributed by atoms with Crippen molar-refractivity contribution in [3.63, 3.8) is 0 Å². The molecular formula is C14H21ClN2O4S. The van der Waals surface area contributed by atoms with Crippen molar-refractivity contribution in [1.82, 2.24) is 5.32 Å². The fourth-order valence-corrected chi connectivity index (χ4v) is 2.76. The first-order chi connectivity index (χ1) is 10.1. The molecule has 1 amide bonds. The van der Waals surface area contributed by atoms with E-state index in [4.69, 9.17) is 16.3 Å². The maximum atomic E-state index is 12.0. The molecule has 22 heavy (non-hydrogen) atoms. The molecule has 0 aliphatic heterocycles. The smallest absolute Gasteiger partial charge is 0.240 e. The summed E-state index contributed by atoms with van der Waals surface area (Å²) in [5, 5.41) is 3.04. The molecule has 0 atom stereocenters. The maximum Gasteiger partial charge on any atom is 0.240 e. The van der Waals surface area contributed by atoms with Gasteiger partial charge >= 0.3 is 0 Å². The van der Waals surface area contributed by atoms with Crippen molar-refractivity contribution >= 4 is 33.2 Å². The number of methoxy groups -OCH3 is 1. The lowest BCUT2D eigenvalue weighted by Crippen LogP contribution is -2.41. The van der Waals surface area contributed by atoms with Crippen molar-refractivity contribution < 1.29 is 17.9 Å². The Bertz CT molecular complexity index is 632. The molecule has 0 saturated carbocycles. The number of ether oxygens (including phenoxy) is 1. The Morgan fingerprint density at radius 1 is 1.41 bits per heavy atom. The maximum absolute atomic E-state index is 12.0. The third kappa shape index (κ3) is 5.38. The van der Waals surface area contributed by atoms with E-state index in [1.54, 1.807) is 12.1 Å². The summed E-state index contributed by atoms with van der Waals surface area (Å²) in [6, 6.07) is 4.60. The number of nitrogens with one attached hydrogen (secondary N) is 1. The zero-order chi connectivity index (χ0) is 16.9. The molecule has 6 nitrogen and oxygen atoms in total. The highest BCUT2D eigenvalue weighted by Gasteiger charge is 2.24. The van der Waals surface area contributed by atoms with E-state index in [0.717, 1.165) is 10.6 Å². The predicted octanol–water partition coefficient (Wildman–Crippen LogP) is 1.89. The third-order valence-corrected chi connectivity index (χ3v) is 4.17. The normalized spacial score (nSPS) is 11.4. The predicted molar refractivity (Wildman–Crippen MR) is 88.0 cm³/mol. The SMILES string of the molecule is COc1ccc(Cl)cc1N(CC(=O)NCC(C)C)S(C)(=O)=O. The van der Waals surface area contributed by atoms with Crippen LogP contribution in [0.3, 0.4) is 0 Å². The Morgan fingerprint density at radius 2 is 2.05 bits per heavy atom. The van der Waals surface area contributed by atoms with Crippen molar-refractivity contribution in [3.05, 3.63) is 23.2 Å². The van der Waals surface area contributed by atoms with E-state index in [2.05, 4.69) is 5.32 Å². The number of amides is 1. The van der Waals surface area contributed by atoms with Crippen molar-refractivity contribution in [2.45, 2.75) is 13.8 Å². The van der Waals surface area contributed by atoms with Crippen molar-refractivity contribution in [1.29, 1.82) is 0 Å². The number of carbonyl (C=O) groups excluding carboxylic acids is 1. The van der Waals surface area contributed by atoms with Gasteiger partial charge < -0.3 is 10.1 Å². The Morgan fingerprint density at radius 3 is 2.55 bits per heavy atom. The Hall–Kier alpha value is -1.47. The van der Waals surface area contributed by atoms with Crippen LogP contribution in [0.2, 0.25) is 5.02 Å². The molecule has 1 aromatic carbocycles. The zero-order valence-electron chi connectivity index (χ0n) is 13.1. The van der Waals surface area contributed by atoms with Gasteiger partial charge in [0.1, 0.15) is 12.3 Å². The van der Waals surface area contributed by atoms with Crippen LogP contribution in [-0.2, 0) is 14.8 Å². The molecule has 0 saturated heterocycles. The van der Waals surface area contributed by atoms with E-state index in [-0.39, 0.29) is 24.1 Å². The first-order valence-electron chi connectivity index (χ1n) is 6.73. The van der Waals surface area contributed by atoms with Crippen LogP contribution in [0, 0.1) is 5.92 Å². The average Bonchev–Trinajstić information content (AvgIpc) is 2.41. The molecule has 0 spiro atoms. The number of hydrogen-bond donors (Lipinski definition) is 1. The molecule has 1 aromatic rings. The molecule has 0 aliphatic rings. The van der Waals surface area contributed by atoms with Crippen LogP contribution in [0.1, 0.15) is 13.8 Å². The molecule has 1 rings (SSSR count). The number of carbonyl (C=O) groups is 1. The minimum absolute atomic E-state index is 0.234. The van der Waals surface area contributed by atoms with Gasteiger partial charge in [0.2, 0.25) is 15.9 Å². The standard InChI is InChI=1S/C14H21ClN2O4S/c1-10(2)8-16-14(18)9-17(22(4,19)20)12-7-11(15)5-6-13(12)21-3/h5-7,10H,8-9H2,1-4H3,(H,16,18). The fraction of sp³-hybridized carbons (Fsp3) is 0.500. The number of nitrogens with zero attached hydrogens (tertiary/aromatic N) is 1. The lowest BCUT2D eigenvalue weighted by Gasteiger charge is -2.24. The van der Waals surface area contributed by atoms with Crippen LogP contribution >= 0.6 is 11.6 Å². The molecule has 0 heterocycles. The van der Waals surface area contributed by atoms with Gasteiger partial charge in [-0.1, -0.05) is 25.4 Å². The largest absolute Gasteiger partial charge is 0.495 e. The highest BCUT2D eigenvalue weighted by molar-refractivity contribution is 7.92. The lowest BCUT2D eigenvalue weighted by atomic mass is 10.2. The monoisotopic (exact) mass is 348 g/mol. The Balaban J connectivity index is 3.10. The summed E-state index contributed by atoms with van der Waals surface area (Å²) in [6.07, 6.45) is 1.03. The summed E-state index contributed by atoms with van der Waals surface area (Å²) < 4.78 is 30.2. The van der Waals surface area contributed by atoms with Crippen LogP contribution in [0.5, 0.6) is 5.75 Å². The Kier molecular flexibility index (Phi) is 6.49. The van der Waals surface area contributed by atoms with Crippen LogP contribution in [0.15, 0.2) is 18.2 Å². The van der Waals surface area contributed by atoms with Crippen LogP contribution in [0.25, 0.3) is 0 Å². The summed E-state index contributed by atoms with van der Waals surface area (Å²) in [5.74, 6) is 0.212. The number of rotatable bonds is 7. The number of halogens is 1. The van der Waals surface area contributed by atoms with Crippen LogP contribution in [-0.4, -0.2) is 40.8 Å². The molecule has 0 fully saturated rings. The molecule has 0 radical (unpaired) electrons. The summed E-state index contributed by atoms with van der Waals surface area (Å²) in [5.41, 5.74) is 0.234. The minimum atomic E-state index is -3.67. The van der Waals surface area contributed by atoms with Gasteiger partial charge in [-0.25, -0.2) is 8.42 Å². The van der Waals surface area contributed by atoms with Gasteiger partial charge in [-0.3, -0.25) is 9.10 Å². The highest BCUT2D eigenvalue weighted by Crippen LogP contribution is 2.32. The van der Waals surface area contributed by atoms with Crippen molar-refractivity contribution in [3.8, 4) is 5.75 Å². The molecule has 8 heteroatoms. The second-order valence-electron chi connectivity index (χ2n) is 5.28. The van der Waals surface area contributed by atoms with Gasteiger partial charge in [0.25, 0.3) is 0 Å². The molecule has 0 unspecified atom stereocenters. The topological polar surface area (TPSA) is 75.7 Å². The average molecular weight is 349 g/mol. The molecule has 1 N–H and O–H groups in total. The molecule has 0 aromatic heterocycles. The summed E-state index contributed by atoms with van der Waals surface area (Å²) in [4.78, 5) is 12.0. The van der Waals surface area contributed by atoms with Gasteiger partial charge in [0.05, 0.1) is 19.1 Å². The van der Waals surface area contributed by atoms with Gasteiger partial charge in [-0.05, 0) is 24.1 Å². The molecular weight excluding hydrogens is 328 g/mol. The van der Waals surface area contributed by atoms with Crippen molar-refractivity contribution in [2.75, 3.05) is 30.8 Å². The first kappa shape index (κ1) is 18.6. The third-order valence-electron chi connectivity index (χ3n) is 2.80. The summed E-state index contributed by atoms with van der Waals surface area (Å²) in [6.45, 7) is 4.05. The number of hydrogen-bond acceptors (Lipinski definition) is 4. The van der Waals surface area contributed by atoms with Gasteiger partial charge in [-0.15, -0.1) is 0 Å². The van der Waals surface area contributed by atoms with Gasteiger partial charge in [0.15, 0.2) is 0 Å². The van der Waals surface area contributed by atoms with Crippen LogP contribution in [0.4, 0.5) is 5.69 Å². The van der Waals surface area contributed by atoms with E-state index >= 15 is 0 Å². The van der Waals surface area contributed by atoms with E-state index < -0.39 is 10.0 Å². The number of anilines is 1. The highest BCUT2D eigenvalue weighted by atomic mass is 35.5. The lowest BCUT2D eigenvalue weighted by molar-refractivity contribution is -0.119. The van der Waals surface area contributed by atoms with E-state index in [9.17, 15) is 13.2 Å². The fourth-order valence-electron chi connectivity index (χ4n) is 1.74. The zero-order valence-corrected chi connectivity index (χ0v) is 14.7. The van der Waals surface area contributed by atoms with E-state index in [1.807, 2.05) is 13.8 Å². The van der Waals surface area contributed by atoms with Gasteiger partial charge in [0, 0.05) is 11.6 Å². The number of benzene rings is 1.